The molecule has 0 saturated heterocycles. The quantitative estimate of drug-likeness (QED) is 0.547. The average molecular weight is 274 g/mol. The number of azo groups is 1. The lowest BCUT2D eigenvalue weighted by molar-refractivity contribution is 0.123. The number of hydrogen-bond acceptors (Lipinski definition) is 4. The Morgan fingerprint density at radius 3 is 2.00 bits per heavy atom. The molecule has 18 heavy (non-hydrogen) atoms. The molecule has 2 amide bonds. The summed E-state index contributed by atoms with van der Waals surface area (Å²) in [6.45, 7) is 7.48. The van der Waals surface area contributed by atoms with Gasteiger partial charge in [0, 0.05) is 0 Å². The SMILES string of the molecule is CCC[SiH](CCC)OC(=O)N=NC(=O)OC(C)C. The molecule has 0 rings (SSSR count). The van der Waals surface area contributed by atoms with Gasteiger partial charge in [-0.15, -0.1) is 0 Å². The highest BCUT2D eigenvalue weighted by atomic mass is 28.3. The second kappa shape index (κ2) is 9.75. The molecule has 0 atom stereocenters. The maximum atomic E-state index is 11.3. The van der Waals surface area contributed by atoms with Gasteiger partial charge in [0.1, 0.15) is 0 Å². The predicted molar refractivity (Wildman–Crippen MR) is 70.3 cm³/mol. The summed E-state index contributed by atoms with van der Waals surface area (Å²) in [5, 5.41) is 6.35. The third-order valence-electron chi connectivity index (χ3n) is 2.04. The fraction of sp³-hybridized carbons (Fsp3) is 0.818. The molecule has 0 aromatic heterocycles. The van der Waals surface area contributed by atoms with Crippen LogP contribution in [0, 0.1) is 0 Å². The van der Waals surface area contributed by atoms with Gasteiger partial charge >= 0.3 is 12.2 Å². The fourth-order valence-electron chi connectivity index (χ4n) is 1.38. The van der Waals surface area contributed by atoms with Crippen LogP contribution in [0.1, 0.15) is 40.5 Å². The van der Waals surface area contributed by atoms with Crippen LogP contribution in [0.2, 0.25) is 12.1 Å². The molecule has 0 unspecified atom stereocenters. The van der Waals surface area contributed by atoms with E-state index in [2.05, 4.69) is 10.2 Å². The Morgan fingerprint density at radius 2 is 1.56 bits per heavy atom. The average Bonchev–Trinajstić information content (AvgIpc) is 2.26. The van der Waals surface area contributed by atoms with Gasteiger partial charge in [0.2, 0.25) is 9.04 Å². The van der Waals surface area contributed by atoms with Gasteiger partial charge in [-0.3, -0.25) is 0 Å². The van der Waals surface area contributed by atoms with Crippen molar-refractivity contribution in [1.82, 2.24) is 0 Å². The van der Waals surface area contributed by atoms with Crippen molar-refractivity contribution in [3.8, 4) is 0 Å². The zero-order valence-corrected chi connectivity index (χ0v) is 12.7. The van der Waals surface area contributed by atoms with E-state index in [4.69, 9.17) is 9.16 Å². The Labute approximate surface area is 109 Å². The summed E-state index contributed by atoms with van der Waals surface area (Å²) >= 11 is 0. The number of nitrogens with zero attached hydrogens (tertiary/aromatic N) is 2. The summed E-state index contributed by atoms with van der Waals surface area (Å²) in [4.78, 5) is 22.4. The van der Waals surface area contributed by atoms with E-state index in [-0.39, 0.29) is 6.10 Å². The molecule has 0 aliphatic rings. The Kier molecular flexibility index (Phi) is 9.08. The van der Waals surface area contributed by atoms with Crippen LogP contribution in [-0.4, -0.2) is 27.3 Å². The van der Waals surface area contributed by atoms with E-state index in [1.807, 2.05) is 13.8 Å². The Morgan fingerprint density at radius 1 is 1.06 bits per heavy atom. The third kappa shape index (κ3) is 8.86. The fourth-order valence-corrected chi connectivity index (χ4v) is 3.52. The van der Waals surface area contributed by atoms with Crippen LogP contribution in [0.4, 0.5) is 9.59 Å². The van der Waals surface area contributed by atoms with E-state index >= 15 is 0 Å². The maximum absolute atomic E-state index is 11.3. The summed E-state index contributed by atoms with van der Waals surface area (Å²) in [6, 6.07) is 1.84. The second-order valence-electron chi connectivity index (χ2n) is 4.22. The van der Waals surface area contributed by atoms with E-state index in [9.17, 15) is 9.59 Å². The van der Waals surface area contributed by atoms with Crippen LogP contribution in [0.25, 0.3) is 0 Å². The topological polar surface area (TPSA) is 77.3 Å². The highest BCUT2D eigenvalue weighted by molar-refractivity contribution is 6.53. The molecule has 0 aliphatic heterocycles. The first kappa shape index (κ1) is 16.8. The van der Waals surface area contributed by atoms with Crippen LogP contribution >= 0.6 is 0 Å². The number of hydrogen-bond donors (Lipinski definition) is 0. The van der Waals surface area contributed by atoms with E-state index in [0.29, 0.717) is 0 Å². The van der Waals surface area contributed by atoms with Gasteiger partial charge in [0.25, 0.3) is 0 Å². The summed E-state index contributed by atoms with van der Waals surface area (Å²) in [5.41, 5.74) is 0. The minimum Gasteiger partial charge on any atom is -0.504 e. The zero-order chi connectivity index (χ0) is 14.0. The van der Waals surface area contributed by atoms with Crippen molar-refractivity contribution in [1.29, 1.82) is 0 Å². The van der Waals surface area contributed by atoms with Gasteiger partial charge in [-0.05, 0) is 25.9 Å². The largest absolute Gasteiger partial charge is 0.504 e. The minimum absolute atomic E-state index is 0.283. The molecule has 0 bridgehead atoms. The highest BCUT2D eigenvalue weighted by Crippen LogP contribution is 2.08. The smallest absolute Gasteiger partial charge is 0.452 e. The zero-order valence-electron chi connectivity index (χ0n) is 11.5. The van der Waals surface area contributed by atoms with Crippen LogP contribution < -0.4 is 0 Å². The molecule has 0 aliphatic carbocycles. The first-order valence-electron chi connectivity index (χ1n) is 6.32. The summed E-state index contributed by atoms with van der Waals surface area (Å²) in [5.74, 6) is 0. The van der Waals surface area contributed by atoms with E-state index in [0.717, 1.165) is 24.9 Å². The van der Waals surface area contributed by atoms with Crippen LogP contribution in [0.5, 0.6) is 0 Å². The van der Waals surface area contributed by atoms with Gasteiger partial charge in [-0.1, -0.05) is 36.9 Å². The summed E-state index contributed by atoms with van der Waals surface area (Å²) in [6.07, 6.45) is 0.0307. The van der Waals surface area contributed by atoms with Crippen LogP contribution in [0.3, 0.4) is 0 Å². The lowest BCUT2D eigenvalue weighted by Crippen LogP contribution is -2.20. The van der Waals surface area contributed by atoms with Gasteiger partial charge in [0.15, 0.2) is 0 Å². The number of ether oxygens (including phenoxy) is 1. The van der Waals surface area contributed by atoms with Gasteiger partial charge < -0.3 is 9.16 Å². The molecule has 6 nitrogen and oxygen atoms in total. The lowest BCUT2D eigenvalue weighted by Gasteiger charge is -2.12. The number of carbonyl (C=O) groups is 2. The Bertz CT molecular complexity index is 289. The molecule has 0 heterocycles. The molecule has 104 valence electrons. The molecule has 0 saturated carbocycles. The number of rotatable bonds is 6. The van der Waals surface area contributed by atoms with Crippen molar-refractivity contribution in [2.75, 3.05) is 0 Å². The predicted octanol–water partition coefficient (Wildman–Crippen LogP) is 3.66. The second-order valence-corrected chi connectivity index (χ2v) is 6.85. The Balaban J connectivity index is 4.14. The summed E-state index contributed by atoms with van der Waals surface area (Å²) in [7, 11) is -1.54. The van der Waals surface area contributed by atoms with Crippen LogP contribution in [-0.2, 0) is 9.16 Å². The van der Waals surface area contributed by atoms with Gasteiger partial charge in [0.05, 0.1) is 6.10 Å². The van der Waals surface area contributed by atoms with E-state index in [1.165, 1.54) is 0 Å². The van der Waals surface area contributed by atoms with Crippen molar-refractivity contribution in [3.05, 3.63) is 0 Å². The molecular formula is C11H22N2O4Si. The van der Waals surface area contributed by atoms with Crippen molar-refractivity contribution in [2.24, 2.45) is 10.2 Å². The van der Waals surface area contributed by atoms with Gasteiger partial charge in [-0.2, -0.15) is 0 Å². The van der Waals surface area contributed by atoms with Gasteiger partial charge in [-0.25, -0.2) is 9.59 Å². The molecule has 0 aromatic carbocycles. The molecular weight excluding hydrogens is 252 g/mol. The summed E-state index contributed by atoms with van der Waals surface area (Å²) < 4.78 is 9.92. The van der Waals surface area contributed by atoms with Crippen molar-refractivity contribution in [3.63, 3.8) is 0 Å². The molecule has 7 heteroatoms. The first-order valence-corrected chi connectivity index (χ1v) is 8.42. The third-order valence-corrected chi connectivity index (χ3v) is 5.02. The normalized spacial score (nSPS) is 11.2. The molecule has 0 N–H and O–H groups in total. The van der Waals surface area contributed by atoms with Crippen LogP contribution in [0.15, 0.2) is 10.2 Å². The van der Waals surface area contributed by atoms with E-state index < -0.39 is 21.2 Å². The maximum Gasteiger partial charge on any atom is 0.452 e. The number of amides is 2. The highest BCUT2D eigenvalue weighted by Gasteiger charge is 2.15. The first-order chi connectivity index (χ1) is 8.49. The minimum atomic E-state index is -1.54. The van der Waals surface area contributed by atoms with Crippen molar-refractivity contribution < 1.29 is 18.8 Å². The lowest BCUT2D eigenvalue weighted by atomic mass is 10.5. The monoisotopic (exact) mass is 274 g/mol. The Hall–Kier alpha value is -1.24. The molecule has 0 radical (unpaired) electrons. The van der Waals surface area contributed by atoms with Crippen molar-refractivity contribution in [2.45, 2.75) is 58.7 Å². The van der Waals surface area contributed by atoms with E-state index in [1.54, 1.807) is 13.8 Å². The molecule has 0 spiro atoms. The number of carbonyl (C=O) groups excluding carboxylic acids is 2. The molecule has 0 aromatic rings. The standard InChI is InChI=1S/C11H22N2O4Si/c1-5-7-18(8-6-2)17-11(15)13-12-10(14)16-9(3)4/h9,18H,5-8H2,1-4H3. The molecule has 0 fully saturated rings. The van der Waals surface area contributed by atoms with Crippen molar-refractivity contribution >= 4 is 21.2 Å².